The van der Waals surface area contributed by atoms with Crippen molar-refractivity contribution in [3.05, 3.63) is 59.3 Å². The van der Waals surface area contributed by atoms with E-state index in [1.165, 1.54) is 10.9 Å². The van der Waals surface area contributed by atoms with E-state index in [2.05, 4.69) is 36.3 Å². The molecule has 0 bridgehead atoms. The molecule has 1 saturated heterocycles. The van der Waals surface area contributed by atoms with Gasteiger partial charge in [0.2, 0.25) is 5.91 Å². The molecule has 158 valence electrons. The van der Waals surface area contributed by atoms with Crippen LogP contribution in [-0.2, 0) is 11.2 Å². The molecule has 30 heavy (non-hydrogen) atoms. The summed E-state index contributed by atoms with van der Waals surface area (Å²) < 4.78 is 11.0. The molecule has 0 spiro atoms. The molecule has 1 aliphatic heterocycles. The molecule has 5 heteroatoms. The predicted molar refractivity (Wildman–Crippen MR) is 119 cm³/mol. The summed E-state index contributed by atoms with van der Waals surface area (Å²) in [6.07, 6.45) is 5.67. The Labute approximate surface area is 178 Å². The van der Waals surface area contributed by atoms with Gasteiger partial charge in [-0.05, 0) is 48.1 Å². The molecule has 1 aliphatic rings. The lowest BCUT2D eigenvalue weighted by Gasteiger charge is -2.22. The van der Waals surface area contributed by atoms with Crippen LogP contribution in [0.4, 0.5) is 0 Å². The van der Waals surface area contributed by atoms with Crippen LogP contribution in [0.15, 0.2) is 42.6 Å². The number of nitrogens with one attached hydrogen (secondary N) is 1. The van der Waals surface area contributed by atoms with Crippen molar-refractivity contribution in [2.75, 3.05) is 27.3 Å². The number of hydrogen-bond acceptors (Lipinski definition) is 3. The van der Waals surface area contributed by atoms with E-state index in [-0.39, 0.29) is 11.8 Å². The Morgan fingerprint density at radius 3 is 2.57 bits per heavy atom. The Hall–Kier alpha value is -2.95. The number of hydrogen-bond donors (Lipinski definition) is 1. The molecule has 0 radical (unpaired) electrons. The fraction of sp³-hybridized carbons (Fsp3) is 0.400. The number of H-pyrrole nitrogens is 1. The average molecular weight is 407 g/mol. The molecule has 0 saturated carbocycles. The number of ether oxygens (including phenoxy) is 2. The number of aromatic nitrogens is 1. The SMILES string of the molecule is CCc1cccc2c(C(CC(=O)N3CCCC3)c3ccc(OC)c(OC)c3)c[nH]c12. The first-order valence-corrected chi connectivity index (χ1v) is 10.7. The Morgan fingerprint density at radius 1 is 1.10 bits per heavy atom. The number of amides is 1. The van der Waals surface area contributed by atoms with Gasteiger partial charge in [0, 0.05) is 42.5 Å². The minimum atomic E-state index is -0.0567. The van der Waals surface area contributed by atoms with Gasteiger partial charge in [-0.1, -0.05) is 31.2 Å². The number of fused-ring (bicyclic) bond motifs is 1. The minimum Gasteiger partial charge on any atom is -0.493 e. The summed E-state index contributed by atoms with van der Waals surface area (Å²) in [4.78, 5) is 18.6. The van der Waals surface area contributed by atoms with Gasteiger partial charge in [0.15, 0.2) is 11.5 Å². The lowest BCUT2D eigenvalue weighted by Crippen LogP contribution is -2.29. The molecule has 2 heterocycles. The molecule has 1 N–H and O–H groups in total. The minimum absolute atomic E-state index is 0.0567. The molecule has 0 aliphatic carbocycles. The van der Waals surface area contributed by atoms with Crippen LogP contribution in [0.2, 0.25) is 0 Å². The molecule has 4 rings (SSSR count). The monoisotopic (exact) mass is 406 g/mol. The van der Waals surface area contributed by atoms with Crippen LogP contribution in [0, 0.1) is 0 Å². The second-order valence-corrected chi connectivity index (χ2v) is 7.90. The van der Waals surface area contributed by atoms with Gasteiger partial charge in [0.25, 0.3) is 0 Å². The number of carbonyl (C=O) groups is 1. The summed E-state index contributed by atoms with van der Waals surface area (Å²) in [7, 11) is 3.28. The van der Waals surface area contributed by atoms with Crippen molar-refractivity contribution in [3.8, 4) is 11.5 Å². The maximum atomic E-state index is 13.1. The fourth-order valence-corrected chi connectivity index (χ4v) is 4.57. The van der Waals surface area contributed by atoms with E-state index in [1.807, 2.05) is 23.1 Å². The van der Waals surface area contributed by atoms with Crippen LogP contribution in [0.5, 0.6) is 11.5 Å². The Kier molecular flexibility index (Phi) is 5.98. The molecule has 1 aromatic heterocycles. The van der Waals surface area contributed by atoms with E-state index in [0.717, 1.165) is 49.0 Å². The van der Waals surface area contributed by atoms with Gasteiger partial charge in [-0.3, -0.25) is 4.79 Å². The van der Waals surface area contributed by atoms with Crippen LogP contribution in [0.25, 0.3) is 10.9 Å². The number of aromatic amines is 1. The summed E-state index contributed by atoms with van der Waals surface area (Å²) in [5.74, 6) is 1.54. The number of para-hydroxylation sites is 1. The van der Waals surface area contributed by atoms with Crippen LogP contribution in [0.3, 0.4) is 0 Å². The van der Waals surface area contributed by atoms with Crippen LogP contribution in [-0.4, -0.2) is 43.1 Å². The topological polar surface area (TPSA) is 54.6 Å². The molecule has 1 fully saturated rings. The molecule has 1 unspecified atom stereocenters. The quantitative estimate of drug-likeness (QED) is 0.608. The third-order valence-corrected chi connectivity index (χ3v) is 6.24. The van der Waals surface area contributed by atoms with Crippen molar-refractivity contribution in [2.45, 2.75) is 38.5 Å². The third-order valence-electron chi connectivity index (χ3n) is 6.24. The smallest absolute Gasteiger partial charge is 0.223 e. The number of nitrogens with zero attached hydrogens (tertiary/aromatic N) is 1. The highest BCUT2D eigenvalue weighted by molar-refractivity contribution is 5.88. The zero-order valence-electron chi connectivity index (χ0n) is 18.0. The zero-order chi connectivity index (χ0) is 21.1. The second kappa shape index (κ2) is 8.82. The van der Waals surface area contributed by atoms with Gasteiger partial charge >= 0.3 is 0 Å². The second-order valence-electron chi connectivity index (χ2n) is 7.90. The van der Waals surface area contributed by atoms with E-state index in [0.29, 0.717) is 17.9 Å². The van der Waals surface area contributed by atoms with Crippen LogP contribution >= 0.6 is 0 Å². The summed E-state index contributed by atoms with van der Waals surface area (Å²) >= 11 is 0. The molecule has 5 nitrogen and oxygen atoms in total. The number of rotatable bonds is 7. The van der Waals surface area contributed by atoms with Gasteiger partial charge in [-0.25, -0.2) is 0 Å². The van der Waals surface area contributed by atoms with Gasteiger partial charge in [-0.15, -0.1) is 0 Å². The summed E-state index contributed by atoms with van der Waals surface area (Å²) in [6, 6.07) is 12.4. The van der Waals surface area contributed by atoms with Crippen molar-refractivity contribution < 1.29 is 14.3 Å². The Bertz CT molecular complexity index is 1030. The molecular formula is C25H30N2O3. The average Bonchev–Trinajstić information content (AvgIpc) is 3.47. The van der Waals surface area contributed by atoms with Crippen LogP contribution in [0.1, 0.15) is 48.8 Å². The first-order valence-electron chi connectivity index (χ1n) is 10.7. The first kappa shape index (κ1) is 20.3. The van der Waals surface area contributed by atoms with Gasteiger partial charge in [-0.2, -0.15) is 0 Å². The number of benzene rings is 2. The highest BCUT2D eigenvalue weighted by Gasteiger charge is 2.26. The number of carbonyl (C=O) groups excluding carboxylic acids is 1. The zero-order valence-corrected chi connectivity index (χ0v) is 18.0. The Morgan fingerprint density at radius 2 is 1.87 bits per heavy atom. The summed E-state index contributed by atoms with van der Waals surface area (Å²) in [5, 5.41) is 1.18. The maximum Gasteiger partial charge on any atom is 0.223 e. The van der Waals surface area contributed by atoms with E-state index in [1.54, 1.807) is 14.2 Å². The largest absolute Gasteiger partial charge is 0.493 e. The molecule has 2 aromatic carbocycles. The highest BCUT2D eigenvalue weighted by Crippen LogP contribution is 2.38. The highest BCUT2D eigenvalue weighted by atomic mass is 16.5. The fourth-order valence-electron chi connectivity index (χ4n) is 4.57. The standard InChI is InChI=1S/C25H30N2O3/c1-4-17-8-7-9-19-21(16-26-25(17)19)20(15-24(28)27-12-5-6-13-27)18-10-11-22(29-2)23(14-18)30-3/h7-11,14,16,20,26H,4-6,12-13,15H2,1-3H3. The van der Waals surface area contributed by atoms with Crippen molar-refractivity contribution in [3.63, 3.8) is 0 Å². The lowest BCUT2D eigenvalue weighted by atomic mass is 9.87. The van der Waals surface area contributed by atoms with E-state index >= 15 is 0 Å². The van der Waals surface area contributed by atoms with Gasteiger partial charge in [0.1, 0.15) is 0 Å². The maximum absolute atomic E-state index is 13.1. The van der Waals surface area contributed by atoms with Crippen molar-refractivity contribution in [2.24, 2.45) is 0 Å². The molecule has 1 amide bonds. The molecular weight excluding hydrogens is 376 g/mol. The number of methoxy groups -OCH3 is 2. The van der Waals surface area contributed by atoms with E-state index < -0.39 is 0 Å². The normalized spacial score (nSPS) is 14.8. The predicted octanol–water partition coefficient (Wildman–Crippen LogP) is 4.89. The van der Waals surface area contributed by atoms with Gasteiger partial charge < -0.3 is 19.4 Å². The summed E-state index contributed by atoms with van der Waals surface area (Å²) in [5.41, 5.74) is 4.66. The van der Waals surface area contributed by atoms with Crippen molar-refractivity contribution in [1.29, 1.82) is 0 Å². The van der Waals surface area contributed by atoms with Crippen molar-refractivity contribution >= 4 is 16.8 Å². The van der Waals surface area contributed by atoms with E-state index in [4.69, 9.17) is 9.47 Å². The molecule has 3 aromatic rings. The number of aryl methyl sites for hydroxylation is 1. The van der Waals surface area contributed by atoms with Crippen LogP contribution < -0.4 is 9.47 Å². The van der Waals surface area contributed by atoms with Crippen molar-refractivity contribution in [1.82, 2.24) is 9.88 Å². The number of likely N-dealkylation sites (tertiary alicyclic amines) is 1. The molecule has 1 atom stereocenters. The Balaban J connectivity index is 1.79. The van der Waals surface area contributed by atoms with Gasteiger partial charge in [0.05, 0.1) is 14.2 Å². The summed E-state index contributed by atoms with van der Waals surface area (Å²) in [6.45, 7) is 3.90. The lowest BCUT2D eigenvalue weighted by molar-refractivity contribution is -0.130. The third kappa shape index (κ3) is 3.76. The van der Waals surface area contributed by atoms with E-state index in [9.17, 15) is 4.79 Å². The first-order chi connectivity index (χ1) is 14.7.